The summed E-state index contributed by atoms with van der Waals surface area (Å²) in [6.45, 7) is 2.80. The number of carbonyl (C=O) groups excluding carboxylic acids is 2. The summed E-state index contributed by atoms with van der Waals surface area (Å²) in [5.41, 5.74) is 2.27. The molecule has 0 unspecified atom stereocenters. The molecule has 2 fully saturated rings. The first kappa shape index (κ1) is 15.2. The van der Waals surface area contributed by atoms with Crippen LogP contribution in [0.4, 0.5) is 5.69 Å². The molecule has 126 valence electrons. The molecule has 1 aromatic carbocycles. The van der Waals surface area contributed by atoms with Crippen LogP contribution in [0.25, 0.3) is 11.1 Å². The second kappa shape index (κ2) is 5.92. The largest absolute Gasteiger partial charge is 0.440 e. The molecular weight excluding hydrogens is 306 g/mol. The summed E-state index contributed by atoms with van der Waals surface area (Å²) in [4.78, 5) is 30.3. The number of piperidine rings is 1. The Bertz CT molecular complexity index is 794. The molecule has 0 spiro atoms. The number of likely N-dealkylation sites (tertiary alicyclic amines) is 1. The van der Waals surface area contributed by atoms with Crippen molar-refractivity contribution in [2.75, 3.05) is 18.4 Å². The van der Waals surface area contributed by atoms with E-state index in [1.807, 2.05) is 18.2 Å². The van der Waals surface area contributed by atoms with Gasteiger partial charge in [-0.25, -0.2) is 4.98 Å². The normalized spacial score (nSPS) is 21.0. The predicted octanol–water partition coefficient (Wildman–Crippen LogP) is 2.90. The van der Waals surface area contributed by atoms with E-state index in [4.69, 9.17) is 4.42 Å². The first-order valence-electron chi connectivity index (χ1n) is 8.57. The topological polar surface area (TPSA) is 75.4 Å². The first-order chi connectivity index (χ1) is 11.6. The first-order valence-corrected chi connectivity index (χ1v) is 8.57. The maximum absolute atomic E-state index is 12.5. The van der Waals surface area contributed by atoms with Crippen molar-refractivity contribution in [1.29, 1.82) is 0 Å². The van der Waals surface area contributed by atoms with E-state index in [0.29, 0.717) is 12.5 Å². The summed E-state index contributed by atoms with van der Waals surface area (Å²) in [5, 5.41) is 2.96. The highest BCUT2D eigenvalue weighted by Crippen LogP contribution is 2.40. The number of anilines is 1. The Balaban J connectivity index is 1.46. The minimum absolute atomic E-state index is 0.0316. The lowest BCUT2D eigenvalue weighted by atomic mass is 9.97. The van der Waals surface area contributed by atoms with Gasteiger partial charge in [0.1, 0.15) is 5.52 Å². The lowest BCUT2D eigenvalue weighted by Crippen LogP contribution is -2.42. The van der Waals surface area contributed by atoms with Crippen LogP contribution in [-0.2, 0) is 9.59 Å². The van der Waals surface area contributed by atoms with Gasteiger partial charge in [-0.05, 0) is 43.9 Å². The number of nitrogens with one attached hydrogen (secondary N) is 1. The minimum atomic E-state index is -0.155. The molecule has 1 aromatic heterocycles. The molecule has 1 atom stereocenters. The van der Waals surface area contributed by atoms with Crippen molar-refractivity contribution in [3.63, 3.8) is 0 Å². The van der Waals surface area contributed by atoms with E-state index < -0.39 is 0 Å². The summed E-state index contributed by atoms with van der Waals surface area (Å²) in [6, 6.07) is 5.55. The van der Waals surface area contributed by atoms with Gasteiger partial charge in [-0.15, -0.1) is 0 Å². The highest BCUT2D eigenvalue weighted by molar-refractivity contribution is 5.94. The van der Waals surface area contributed by atoms with Crippen LogP contribution in [-0.4, -0.2) is 34.8 Å². The molecule has 2 aliphatic rings. The Hall–Kier alpha value is -2.37. The summed E-state index contributed by atoms with van der Waals surface area (Å²) in [7, 11) is 0. The van der Waals surface area contributed by atoms with Crippen molar-refractivity contribution >= 4 is 28.6 Å². The molecule has 0 bridgehead atoms. The number of amides is 2. The van der Waals surface area contributed by atoms with Crippen molar-refractivity contribution in [3.05, 3.63) is 24.1 Å². The Morgan fingerprint density at radius 3 is 2.88 bits per heavy atom. The van der Waals surface area contributed by atoms with Crippen LogP contribution in [0.3, 0.4) is 0 Å². The molecule has 1 aliphatic heterocycles. The van der Waals surface area contributed by atoms with Gasteiger partial charge in [0.25, 0.3) is 0 Å². The lowest BCUT2D eigenvalue weighted by molar-refractivity contribution is -0.132. The Morgan fingerprint density at radius 1 is 1.29 bits per heavy atom. The molecule has 6 nitrogen and oxygen atoms in total. The highest BCUT2D eigenvalue weighted by atomic mass is 16.3. The van der Waals surface area contributed by atoms with Gasteiger partial charge in [-0.3, -0.25) is 9.59 Å². The predicted molar refractivity (Wildman–Crippen MR) is 89.6 cm³/mol. The zero-order valence-corrected chi connectivity index (χ0v) is 13.7. The van der Waals surface area contributed by atoms with E-state index in [0.717, 1.165) is 54.9 Å². The number of rotatable bonds is 3. The fourth-order valence-electron chi connectivity index (χ4n) is 3.25. The van der Waals surface area contributed by atoms with Gasteiger partial charge < -0.3 is 14.6 Å². The van der Waals surface area contributed by atoms with Gasteiger partial charge in [0.05, 0.1) is 5.92 Å². The number of nitrogens with zero attached hydrogens (tertiary/aromatic N) is 2. The average Bonchev–Trinajstić information content (AvgIpc) is 3.34. The molecule has 1 N–H and O–H groups in total. The number of oxazole rings is 1. The number of benzene rings is 1. The second-order valence-corrected chi connectivity index (χ2v) is 6.80. The van der Waals surface area contributed by atoms with E-state index in [2.05, 4.69) is 10.3 Å². The van der Waals surface area contributed by atoms with Gasteiger partial charge in [0.2, 0.25) is 11.8 Å². The maximum Gasteiger partial charge on any atom is 0.229 e. The van der Waals surface area contributed by atoms with Gasteiger partial charge in [0, 0.05) is 31.6 Å². The van der Waals surface area contributed by atoms with Crippen molar-refractivity contribution in [1.82, 2.24) is 9.88 Å². The summed E-state index contributed by atoms with van der Waals surface area (Å²) < 4.78 is 5.74. The minimum Gasteiger partial charge on any atom is -0.440 e. The van der Waals surface area contributed by atoms with Gasteiger partial charge in [0.15, 0.2) is 11.5 Å². The fraction of sp³-hybridized carbons (Fsp3) is 0.500. The molecule has 2 amide bonds. The van der Waals surface area contributed by atoms with Crippen molar-refractivity contribution < 1.29 is 14.0 Å². The molecular formula is C18H21N3O3. The third-order valence-electron chi connectivity index (χ3n) is 4.84. The molecule has 24 heavy (non-hydrogen) atoms. The van der Waals surface area contributed by atoms with Crippen LogP contribution in [0.15, 0.2) is 22.6 Å². The van der Waals surface area contributed by atoms with E-state index in [-0.39, 0.29) is 17.7 Å². The van der Waals surface area contributed by atoms with E-state index in [1.54, 1.807) is 11.8 Å². The third kappa shape index (κ3) is 3.00. The second-order valence-electron chi connectivity index (χ2n) is 6.80. The third-order valence-corrected chi connectivity index (χ3v) is 4.84. The van der Waals surface area contributed by atoms with Gasteiger partial charge in [-0.2, -0.15) is 0 Å². The van der Waals surface area contributed by atoms with Gasteiger partial charge in [-0.1, -0.05) is 0 Å². The van der Waals surface area contributed by atoms with Crippen LogP contribution in [0.2, 0.25) is 0 Å². The Kier molecular flexibility index (Phi) is 3.75. The smallest absolute Gasteiger partial charge is 0.229 e. The summed E-state index contributed by atoms with van der Waals surface area (Å²) in [5.74, 6) is 1.11. The fourth-order valence-corrected chi connectivity index (χ4v) is 3.25. The molecule has 2 heterocycles. The molecule has 1 saturated heterocycles. The maximum atomic E-state index is 12.5. The average molecular weight is 327 g/mol. The highest BCUT2D eigenvalue weighted by Gasteiger charge is 2.29. The number of fused-ring (bicyclic) bond motifs is 1. The van der Waals surface area contributed by atoms with Gasteiger partial charge >= 0.3 is 0 Å². The SMILES string of the molecule is CC(=O)N1CCC[C@H](C(=O)Nc2ccc3oc(C4CC4)nc3c2)C1. The monoisotopic (exact) mass is 327 g/mol. The van der Waals surface area contributed by atoms with E-state index >= 15 is 0 Å². The molecule has 2 aromatic rings. The number of hydrogen-bond donors (Lipinski definition) is 1. The molecule has 1 aliphatic carbocycles. The summed E-state index contributed by atoms with van der Waals surface area (Å²) in [6.07, 6.45) is 3.97. The molecule has 4 rings (SSSR count). The van der Waals surface area contributed by atoms with Crippen molar-refractivity contribution in [2.45, 2.75) is 38.5 Å². The molecule has 0 radical (unpaired) electrons. The Labute approximate surface area is 140 Å². The van der Waals surface area contributed by atoms with E-state index in [9.17, 15) is 9.59 Å². The lowest BCUT2D eigenvalue weighted by Gasteiger charge is -2.31. The molecule has 1 saturated carbocycles. The Morgan fingerprint density at radius 2 is 2.12 bits per heavy atom. The van der Waals surface area contributed by atoms with Crippen LogP contribution in [0.1, 0.15) is 44.4 Å². The van der Waals surface area contributed by atoms with Crippen LogP contribution < -0.4 is 5.32 Å². The summed E-state index contributed by atoms with van der Waals surface area (Å²) >= 11 is 0. The number of aromatic nitrogens is 1. The number of carbonyl (C=O) groups is 2. The quantitative estimate of drug-likeness (QED) is 0.940. The standard InChI is InChI=1S/C18H21N3O3/c1-11(22)21-8-2-3-13(10-21)17(23)19-14-6-7-16-15(9-14)20-18(24-16)12-4-5-12/h6-7,9,12-13H,2-5,8,10H2,1H3,(H,19,23)/t13-/m0/s1. The van der Waals surface area contributed by atoms with Crippen LogP contribution in [0.5, 0.6) is 0 Å². The van der Waals surface area contributed by atoms with E-state index in [1.165, 1.54) is 0 Å². The van der Waals surface area contributed by atoms with Crippen LogP contribution >= 0.6 is 0 Å². The zero-order chi connectivity index (χ0) is 16.7. The van der Waals surface area contributed by atoms with Crippen LogP contribution in [0, 0.1) is 5.92 Å². The molecule has 6 heteroatoms. The van der Waals surface area contributed by atoms with Crippen molar-refractivity contribution in [3.8, 4) is 0 Å². The number of hydrogen-bond acceptors (Lipinski definition) is 4. The van der Waals surface area contributed by atoms with Crippen molar-refractivity contribution in [2.24, 2.45) is 5.92 Å². The zero-order valence-electron chi connectivity index (χ0n) is 13.7.